The van der Waals surface area contributed by atoms with E-state index in [1.807, 2.05) is 0 Å². The summed E-state index contributed by atoms with van der Waals surface area (Å²) in [7, 11) is 0. The molecule has 0 radical (unpaired) electrons. The Bertz CT molecular complexity index is 175. The highest BCUT2D eigenvalue weighted by Crippen LogP contribution is 2.27. The maximum absolute atomic E-state index is 6.26. The number of nitrogens with two attached hydrogens (primary N) is 1. The quantitative estimate of drug-likeness (QED) is 0.746. The third-order valence-electron chi connectivity index (χ3n) is 3.98. The molecule has 0 amide bonds. The van der Waals surface area contributed by atoms with E-state index in [9.17, 15) is 0 Å². The molecule has 0 aromatic heterocycles. The third kappa shape index (κ3) is 2.48. The molecule has 1 aliphatic carbocycles. The lowest BCUT2D eigenvalue weighted by molar-refractivity contribution is 0.266. The molecule has 2 fully saturated rings. The normalized spacial score (nSPS) is 32.6. The maximum atomic E-state index is 6.26. The Balaban J connectivity index is 1.73. The minimum atomic E-state index is 0.447. The van der Waals surface area contributed by atoms with Gasteiger partial charge in [-0.15, -0.1) is 0 Å². The summed E-state index contributed by atoms with van der Waals surface area (Å²) in [6.45, 7) is 6.05. The van der Waals surface area contributed by atoms with Crippen LogP contribution in [0.3, 0.4) is 0 Å². The van der Waals surface area contributed by atoms with Gasteiger partial charge in [-0.2, -0.15) is 0 Å². The van der Waals surface area contributed by atoms with Gasteiger partial charge in [0.2, 0.25) is 0 Å². The lowest BCUT2D eigenvalue weighted by atomic mass is 9.99. The highest BCUT2D eigenvalue weighted by molar-refractivity contribution is 4.83. The molecular weight excluding hydrogens is 172 g/mol. The average Bonchev–Trinajstić information content (AvgIpc) is 2.75. The van der Waals surface area contributed by atoms with Gasteiger partial charge in [0.15, 0.2) is 0 Å². The minimum Gasteiger partial charge on any atom is -0.326 e. The van der Waals surface area contributed by atoms with E-state index in [1.54, 1.807) is 0 Å². The molecule has 1 heterocycles. The van der Waals surface area contributed by atoms with Crippen molar-refractivity contribution < 1.29 is 0 Å². The lowest BCUT2D eigenvalue weighted by Gasteiger charge is -2.24. The first kappa shape index (κ1) is 10.4. The molecule has 0 bridgehead atoms. The van der Waals surface area contributed by atoms with Crippen LogP contribution in [0.25, 0.3) is 0 Å². The van der Waals surface area contributed by atoms with Crippen LogP contribution >= 0.6 is 0 Å². The summed E-state index contributed by atoms with van der Waals surface area (Å²) >= 11 is 0. The van der Waals surface area contributed by atoms with Gasteiger partial charge in [0, 0.05) is 19.1 Å². The summed E-state index contributed by atoms with van der Waals surface area (Å²) in [5.74, 6) is 1.72. The van der Waals surface area contributed by atoms with Crippen LogP contribution in [0.4, 0.5) is 0 Å². The molecular formula is C12H24N2. The van der Waals surface area contributed by atoms with E-state index in [0.717, 1.165) is 18.4 Å². The number of nitrogens with zero attached hydrogens (tertiary/aromatic N) is 1. The Morgan fingerprint density at radius 3 is 2.57 bits per heavy atom. The van der Waals surface area contributed by atoms with Crippen LogP contribution < -0.4 is 5.73 Å². The van der Waals surface area contributed by atoms with Crippen molar-refractivity contribution in [3.63, 3.8) is 0 Å². The fourth-order valence-corrected chi connectivity index (χ4v) is 3.02. The monoisotopic (exact) mass is 196 g/mol. The molecule has 2 unspecified atom stereocenters. The largest absolute Gasteiger partial charge is 0.326 e. The van der Waals surface area contributed by atoms with E-state index in [4.69, 9.17) is 5.73 Å². The van der Waals surface area contributed by atoms with Gasteiger partial charge in [0.1, 0.15) is 0 Å². The van der Waals surface area contributed by atoms with E-state index in [1.165, 1.54) is 45.2 Å². The summed E-state index contributed by atoms with van der Waals surface area (Å²) in [5.41, 5.74) is 6.26. The number of rotatable bonds is 3. The fraction of sp³-hybridized carbons (Fsp3) is 1.00. The highest BCUT2D eigenvalue weighted by Gasteiger charge is 2.26. The van der Waals surface area contributed by atoms with Gasteiger partial charge >= 0.3 is 0 Å². The topological polar surface area (TPSA) is 29.3 Å². The summed E-state index contributed by atoms with van der Waals surface area (Å²) in [5, 5.41) is 0. The molecule has 2 aliphatic rings. The van der Waals surface area contributed by atoms with Crippen molar-refractivity contribution in [3.8, 4) is 0 Å². The molecule has 1 aliphatic heterocycles. The zero-order chi connectivity index (χ0) is 9.97. The highest BCUT2D eigenvalue weighted by atomic mass is 15.2. The van der Waals surface area contributed by atoms with E-state index in [2.05, 4.69) is 11.8 Å². The van der Waals surface area contributed by atoms with Gasteiger partial charge in [-0.25, -0.2) is 0 Å². The second kappa shape index (κ2) is 4.63. The molecule has 2 nitrogen and oxygen atoms in total. The fourth-order valence-electron chi connectivity index (χ4n) is 3.02. The number of hydrogen-bond donors (Lipinski definition) is 1. The lowest BCUT2D eigenvalue weighted by Crippen LogP contribution is -2.40. The molecule has 2 rings (SSSR count). The van der Waals surface area contributed by atoms with Crippen LogP contribution in [-0.2, 0) is 0 Å². The van der Waals surface area contributed by atoms with E-state index >= 15 is 0 Å². The molecule has 1 saturated carbocycles. The van der Waals surface area contributed by atoms with Crippen LogP contribution in [0.1, 0.15) is 39.0 Å². The van der Waals surface area contributed by atoms with E-state index < -0.39 is 0 Å². The third-order valence-corrected chi connectivity index (χ3v) is 3.98. The first-order valence-electron chi connectivity index (χ1n) is 6.23. The van der Waals surface area contributed by atoms with Crippen molar-refractivity contribution in [2.45, 2.75) is 45.1 Å². The Hall–Kier alpha value is -0.0800. The average molecular weight is 196 g/mol. The predicted molar refractivity (Wildman–Crippen MR) is 60.2 cm³/mol. The Kier molecular flexibility index (Phi) is 3.45. The zero-order valence-electron chi connectivity index (χ0n) is 9.41. The van der Waals surface area contributed by atoms with Crippen molar-refractivity contribution in [1.29, 1.82) is 0 Å². The second-order valence-electron chi connectivity index (χ2n) is 5.36. The van der Waals surface area contributed by atoms with Gasteiger partial charge in [0.05, 0.1) is 0 Å². The molecule has 0 spiro atoms. The van der Waals surface area contributed by atoms with Gasteiger partial charge in [-0.05, 0) is 37.6 Å². The van der Waals surface area contributed by atoms with E-state index in [-0.39, 0.29) is 0 Å². The Labute approximate surface area is 87.8 Å². The SMILES string of the molecule is CC1CCN(CC(N)C2CCCC2)C1. The van der Waals surface area contributed by atoms with Gasteiger partial charge in [-0.1, -0.05) is 19.8 Å². The van der Waals surface area contributed by atoms with Crippen molar-refractivity contribution in [1.82, 2.24) is 4.90 Å². The second-order valence-corrected chi connectivity index (χ2v) is 5.36. The Morgan fingerprint density at radius 2 is 2.00 bits per heavy atom. The molecule has 14 heavy (non-hydrogen) atoms. The molecule has 0 aromatic rings. The summed E-state index contributed by atoms with van der Waals surface area (Å²) in [6, 6.07) is 0.447. The van der Waals surface area contributed by atoms with Crippen LogP contribution in [0.5, 0.6) is 0 Å². The van der Waals surface area contributed by atoms with Crippen LogP contribution in [0.15, 0.2) is 0 Å². The molecule has 2 atom stereocenters. The van der Waals surface area contributed by atoms with E-state index in [0.29, 0.717) is 6.04 Å². The van der Waals surface area contributed by atoms with Gasteiger partial charge in [0.25, 0.3) is 0 Å². The van der Waals surface area contributed by atoms with Crippen LogP contribution in [0.2, 0.25) is 0 Å². The first-order valence-corrected chi connectivity index (χ1v) is 6.23. The van der Waals surface area contributed by atoms with Crippen LogP contribution in [0, 0.1) is 11.8 Å². The molecule has 1 saturated heterocycles. The van der Waals surface area contributed by atoms with Crippen molar-refractivity contribution in [2.75, 3.05) is 19.6 Å². The summed E-state index contributed by atoms with van der Waals surface area (Å²) in [6.07, 6.45) is 6.95. The zero-order valence-corrected chi connectivity index (χ0v) is 9.41. The first-order chi connectivity index (χ1) is 6.75. The summed E-state index contributed by atoms with van der Waals surface area (Å²) < 4.78 is 0. The minimum absolute atomic E-state index is 0.447. The number of likely N-dealkylation sites (tertiary alicyclic amines) is 1. The van der Waals surface area contributed by atoms with Crippen molar-refractivity contribution >= 4 is 0 Å². The van der Waals surface area contributed by atoms with Crippen molar-refractivity contribution in [2.24, 2.45) is 17.6 Å². The van der Waals surface area contributed by atoms with Crippen LogP contribution in [-0.4, -0.2) is 30.6 Å². The smallest absolute Gasteiger partial charge is 0.0196 e. The molecule has 2 N–H and O–H groups in total. The maximum Gasteiger partial charge on any atom is 0.0196 e. The van der Waals surface area contributed by atoms with Gasteiger partial charge < -0.3 is 10.6 Å². The van der Waals surface area contributed by atoms with Gasteiger partial charge in [-0.3, -0.25) is 0 Å². The van der Waals surface area contributed by atoms with Crippen molar-refractivity contribution in [3.05, 3.63) is 0 Å². The number of hydrogen-bond acceptors (Lipinski definition) is 2. The predicted octanol–water partition coefficient (Wildman–Crippen LogP) is 1.85. The Morgan fingerprint density at radius 1 is 1.29 bits per heavy atom. The summed E-state index contributed by atoms with van der Waals surface area (Å²) in [4.78, 5) is 2.56. The molecule has 82 valence electrons. The molecule has 0 aromatic carbocycles. The molecule has 2 heteroatoms. The standard InChI is InChI=1S/C12H24N2/c1-10-6-7-14(8-10)9-12(13)11-4-2-3-5-11/h10-12H,2-9,13H2,1H3.